The number of aryl methyl sites for hydroxylation is 1. The van der Waals surface area contributed by atoms with Gasteiger partial charge in [-0.3, -0.25) is 4.90 Å². The number of carbonyl (C=O) groups excluding carboxylic acids is 1. The molecule has 24 heavy (non-hydrogen) atoms. The number of rotatable bonds is 5. The fourth-order valence-corrected chi connectivity index (χ4v) is 3.62. The molecule has 2 heterocycles. The molecule has 1 fully saturated rings. The van der Waals surface area contributed by atoms with Gasteiger partial charge in [-0.1, -0.05) is 25.1 Å². The van der Waals surface area contributed by atoms with Gasteiger partial charge in [0.25, 0.3) is 0 Å². The molecule has 3 rings (SSSR count). The molecule has 1 aromatic carbocycles. The normalized spacial score (nSPS) is 15.5. The fourth-order valence-electron chi connectivity index (χ4n) is 2.92. The van der Waals surface area contributed by atoms with E-state index in [1.54, 1.807) is 0 Å². The first-order valence-electron chi connectivity index (χ1n) is 8.64. The van der Waals surface area contributed by atoms with E-state index in [0.717, 1.165) is 51.3 Å². The first kappa shape index (κ1) is 17.0. The van der Waals surface area contributed by atoms with Crippen molar-refractivity contribution in [1.82, 2.24) is 9.80 Å². The summed E-state index contributed by atoms with van der Waals surface area (Å²) in [5.41, 5.74) is 2.16. The lowest BCUT2D eigenvalue weighted by Crippen LogP contribution is -2.50. The molecule has 0 aliphatic carbocycles. The van der Waals surface area contributed by atoms with Crippen LogP contribution in [0.2, 0.25) is 0 Å². The van der Waals surface area contributed by atoms with Crippen molar-refractivity contribution in [1.29, 1.82) is 0 Å². The number of amides is 2. The number of hydrogen-bond acceptors (Lipinski definition) is 3. The van der Waals surface area contributed by atoms with Gasteiger partial charge in [0, 0.05) is 43.3 Å². The van der Waals surface area contributed by atoms with E-state index in [9.17, 15) is 4.79 Å². The van der Waals surface area contributed by atoms with Crippen LogP contribution >= 0.6 is 11.3 Å². The van der Waals surface area contributed by atoms with Crippen molar-refractivity contribution in [2.24, 2.45) is 0 Å². The quantitative estimate of drug-likeness (QED) is 0.898. The van der Waals surface area contributed by atoms with Gasteiger partial charge in [-0.25, -0.2) is 4.79 Å². The van der Waals surface area contributed by atoms with Crippen LogP contribution in [0.25, 0.3) is 0 Å². The zero-order valence-corrected chi connectivity index (χ0v) is 15.0. The molecule has 1 aliphatic rings. The standard InChI is InChI=1S/C19H25N3OS/c1-2-16-5-7-17(8-6-16)20-19(23)22-13-11-21(12-14-22)10-9-18-4-3-15-24-18/h3-8,15H,2,9-14H2,1H3,(H,20,23). The minimum absolute atomic E-state index is 0.0113. The molecule has 0 saturated carbocycles. The molecule has 0 atom stereocenters. The monoisotopic (exact) mass is 343 g/mol. The Labute approximate surface area is 148 Å². The lowest BCUT2D eigenvalue weighted by Gasteiger charge is -2.34. The Morgan fingerprint density at radius 1 is 1.12 bits per heavy atom. The van der Waals surface area contributed by atoms with Crippen molar-refractivity contribution >= 4 is 23.1 Å². The summed E-state index contributed by atoms with van der Waals surface area (Å²) in [4.78, 5) is 18.2. The summed E-state index contributed by atoms with van der Waals surface area (Å²) in [6.45, 7) is 6.70. The van der Waals surface area contributed by atoms with Crippen LogP contribution in [0.15, 0.2) is 41.8 Å². The van der Waals surface area contributed by atoms with Crippen LogP contribution < -0.4 is 5.32 Å². The third-order valence-electron chi connectivity index (χ3n) is 4.53. The zero-order chi connectivity index (χ0) is 16.8. The average molecular weight is 343 g/mol. The lowest BCUT2D eigenvalue weighted by atomic mass is 10.1. The number of piperazine rings is 1. The minimum Gasteiger partial charge on any atom is -0.322 e. The van der Waals surface area contributed by atoms with Crippen LogP contribution in [-0.4, -0.2) is 48.6 Å². The van der Waals surface area contributed by atoms with Gasteiger partial charge in [0.2, 0.25) is 0 Å². The number of urea groups is 1. The predicted molar refractivity (Wildman–Crippen MR) is 101 cm³/mol. The lowest BCUT2D eigenvalue weighted by molar-refractivity contribution is 0.148. The van der Waals surface area contributed by atoms with Gasteiger partial charge >= 0.3 is 6.03 Å². The summed E-state index contributed by atoms with van der Waals surface area (Å²) in [7, 11) is 0. The Balaban J connectivity index is 1.42. The molecule has 1 N–H and O–H groups in total. The summed E-state index contributed by atoms with van der Waals surface area (Å²) in [6, 6.07) is 12.4. The molecule has 1 aliphatic heterocycles. The smallest absolute Gasteiger partial charge is 0.321 e. The third-order valence-corrected chi connectivity index (χ3v) is 5.46. The van der Waals surface area contributed by atoms with E-state index in [1.807, 2.05) is 28.4 Å². The van der Waals surface area contributed by atoms with Crippen molar-refractivity contribution in [2.45, 2.75) is 19.8 Å². The van der Waals surface area contributed by atoms with Gasteiger partial charge in [0.05, 0.1) is 0 Å². The molecule has 128 valence electrons. The number of anilines is 1. The Morgan fingerprint density at radius 2 is 1.88 bits per heavy atom. The SMILES string of the molecule is CCc1ccc(NC(=O)N2CCN(CCc3cccs3)CC2)cc1. The average Bonchev–Trinajstić information content (AvgIpc) is 3.14. The van der Waals surface area contributed by atoms with Crippen molar-refractivity contribution in [3.8, 4) is 0 Å². The summed E-state index contributed by atoms with van der Waals surface area (Å²) in [5, 5.41) is 5.13. The van der Waals surface area contributed by atoms with E-state index in [-0.39, 0.29) is 6.03 Å². The highest BCUT2D eigenvalue weighted by atomic mass is 32.1. The summed E-state index contributed by atoms with van der Waals surface area (Å²) in [6.07, 6.45) is 2.12. The minimum atomic E-state index is 0.0113. The molecule has 0 radical (unpaired) electrons. The summed E-state index contributed by atoms with van der Waals surface area (Å²) < 4.78 is 0. The van der Waals surface area contributed by atoms with Gasteiger partial charge in [-0.2, -0.15) is 0 Å². The predicted octanol–water partition coefficient (Wildman–Crippen LogP) is 3.70. The highest BCUT2D eigenvalue weighted by Crippen LogP contribution is 2.13. The van der Waals surface area contributed by atoms with Crippen LogP contribution in [0.1, 0.15) is 17.4 Å². The Hall–Kier alpha value is -1.85. The van der Waals surface area contributed by atoms with Crippen molar-refractivity contribution in [3.63, 3.8) is 0 Å². The topological polar surface area (TPSA) is 35.6 Å². The first-order chi connectivity index (χ1) is 11.7. The van der Waals surface area contributed by atoms with Gasteiger partial charge in [0.15, 0.2) is 0 Å². The number of nitrogens with zero attached hydrogens (tertiary/aromatic N) is 2. The summed E-state index contributed by atoms with van der Waals surface area (Å²) in [5.74, 6) is 0. The molecule has 1 aromatic heterocycles. The van der Waals surface area contributed by atoms with Crippen LogP contribution in [0.5, 0.6) is 0 Å². The highest BCUT2D eigenvalue weighted by Gasteiger charge is 2.20. The number of hydrogen-bond donors (Lipinski definition) is 1. The molecule has 2 amide bonds. The van der Waals surface area contributed by atoms with E-state index in [2.05, 4.69) is 46.8 Å². The van der Waals surface area contributed by atoms with E-state index in [4.69, 9.17) is 0 Å². The van der Waals surface area contributed by atoms with Crippen molar-refractivity contribution < 1.29 is 4.79 Å². The molecule has 4 nitrogen and oxygen atoms in total. The maximum Gasteiger partial charge on any atom is 0.321 e. The van der Waals surface area contributed by atoms with E-state index < -0.39 is 0 Å². The Kier molecular flexibility index (Phi) is 5.88. The zero-order valence-electron chi connectivity index (χ0n) is 14.2. The van der Waals surface area contributed by atoms with Crippen LogP contribution in [0, 0.1) is 0 Å². The number of benzene rings is 1. The van der Waals surface area contributed by atoms with E-state index in [1.165, 1.54) is 10.4 Å². The molecular weight excluding hydrogens is 318 g/mol. The Bertz CT molecular complexity index is 631. The molecule has 5 heteroatoms. The molecule has 0 spiro atoms. The maximum absolute atomic E-state index is 12.4. The molecule has 1 saturated heterocycles. The number of thiophene rings is 1. The summed E-state index contributed by atoms with van der Waals surface area (Å²) >= 11 is 1.82. The highest BCUT2D eigenvalue weighted by molar-refractivity contribution is 7.09. The van der Waals surface area contributed by atoms with Crippen LogP contribution in [0.3, 0.4) is 0 Å². The second-order valence-corrected chi connectivity index (χ2v) is 7.17. The molecule has 0 unspecified atom stereocenters. The maximum atomic E-state index is 12.4. The van der Waals surface area contributed by atoms with Crippen molar-refractivity contribution in [3.05, 3.63) is 52.2 Å². The second kappa shape index (κ2) is 8.31. The Morgan fingerprint density at radius 3 is 2.50 bits per heavy atom. The number of carbonyl (C=O) groups is 1. The molecular formula is C19H25N3OS. The van der Waals surface area contributed by atoms with Crippen LogP contribution in [-0.2, 0) is 12.8 Å². The largest absolute Gasteiger partial charge is 0.322 e. The van der Waals surface area contributed by atoms with Gasteiger partial charge in [-0.05, 0) is 42.0 Å². The number of nitrogens with one attached hydrogen (secondary N) is 1. The fraction of sp³-hybridized carbons (Fsp3) is 0.421. The van der Waals surface area contributed by atoms with Crippen LogP contribution in [0.4, 0.5) is 10.5 Å². The van der Waals surface area contributed by atoms with Gasteiger partial charge in [0.1, 0.15) is 0 Å². The molecule has 0 bridgehead atoms. The van der Waals surface area contributed by atoms with E-state index in [0.29, 0.717) is 0 Å². The van der Waals surface area contributed by atoms with Gasteiger partial charge in [-0.15, -0.1) is 11.3 Å². The second-order valence-electron chi connectivity index (χ2n) is 6.14. The molecule has 2 aromatic rings. The van der Waals surface area contributed by atoms with Gasteiger partial charge < -0.3 is 10.2 Å². The van der Waals surface area contributed by atoms with E-state index >= 15 is 0 Å². The first-order valence-corrected chi connectivity index (χ1v) is 9.52. The third kappa shape index (κ3) is 4.58. The van der Waals surface area contributed by atoms with Crippen molar-refractivity contribution in [2.75, 3.05) is 38.0 Å².